The van der Waals surface area contributed by atoms with Crippen molar-refractivity contribution < 1.29 is 14.3 Å². The molecule has 0 radical (unpaired) electrons. The zero-order valence-corrected chi connectivity index (χ0v) is 11.2. The molecule has 0 bridgehead atoms. The number of methoxy groups -OCH3 is 1. The maximum atomic E-state index is 12.4. The van der Waals surface area contributed by atoms with Gasteiger partial charge in [-0.05, 0) is 12.1 Å². The van der Waals surface area contributed by atoms with Crippen LogP contribution in [0.3, 0.4) is 0 Å². The number of fused-ring (bicyclic) bond motifs is 1. The molecule has 0 saturated heterocycles. The molecule has 8 nitrogen and oxygen atoms in total. The number of hydrogen-bond acceptors (Lipinski definition) is 5. The Morgan fingerprint density at radius 1 is 1.52 bits per heavy atom. The predicted octanol–water partition coefficient (Wildman–Crippen LogP) is 0.809. The zero-order valence-electron chi connectivity index (χ0n) is 11.2. The quantitative estimate of drug-likeness (QED) is 0.870. The molecule has 0 spiro atoms. The SMILES string of the molecule is COc1cccc(NC(=O)[C@@H]2CC(=O)Nc3nncn32)c1. The van der Waals surface area contributed by atoms with Gasteiger partial charge in [-0.2, -0.15) is 0 Å². The molecular weight excluding hydrogens is 274 g/mol. The molecule has 0 fully saturated rings. The van der Waals surface area contributed by atoms with Crippen LogP contribution in [0, 0.1) is 0 Å². The van der Waals surface area contributed by atoms with Gasteiger partial charge in [-0.15, -0.1) is 10.2 Å². The molecule has 1 aliphatic heterocycles. The first-order valence-corrected chi connectivity index (χ1v) is 6.31. The molecule has 21 heavy (non-hydrogen) atoms. The van der Waals surface area contributed by atoms with E-state index in [0.717, 1.165) is 0 Å². The van der Waals surface area contributed by atoms with E-state index in [1.165, 1.54) is 10.9 Å². The van der Waals surface area contributed by atoms with Gasteiger partial charge < -0.3 is 10.1 Å². The monoisotopic (exact) mass is 287 g/mol. The van der Waals surface area contributed by atoms with Gasteiger partial charge in [0.2, 0.25) is 17.8 Å². The van der Waals surface area contributed by atoms with Crippen LogP contribution in [0.2, 0.25) is 0 Å². The lowest BCUT2D eigenvalue weighted by molar-refractivity contribution is -0.125. The highest BCUT2D eigenvalue weighted by Crippen LogP contribution is 2.24. The Morgan fingerprint density at radius 2 is 2.38 bits per heavy atom. The third-order valence-corrected chi connectivity index (χ3v) is 3.18. The molecule has 0 unspecified atom stereocenters. The van der Waals surface area contributed by atoms with E-state index in [9.17, 15) is 9.59 Å². The van der Waals surface area contributed by atoms with E-state index in [1.54, 1.807) is 31.4 Å². The first-order valence-electron chi connectivity index (χ1n) is 6.31. The van der Waals surface area contributed by atoms with E-state index in [-0.39, 0.29) is 24.2 Å². The number of ether oxygens (including phenoxy) is 1. The normalized spacial score (nSPS) is 16.8. The van der Waals surface area contributed by atoms with Gasteiger partial charge in [0.25, 0.3) is 0 Å². The van der Waals surface area contributed by atoms with Crippen LogP contribution in [0.4, 0.5) is 11.6 Å². The zero-order chi connectivity index (χ0) is 14.8. The molecule has 8 heteroatoms. The highest BCUT2D eigenvalue weighted by atomic mass is 16.5. The van der Waals surface area contributed by atoms with Crippen LogP contribution in [-0.4, -0.2) is 33.7 Å². The summed E-state index contributed by atoms with van der Waals surface area (Å²) in [5.41, 5.74) is 0.597. The van der Waals surface area contributed by atoms with Crippen LogP contribution < -0.4 is 15.4 Å². The molecule has 0 saturated carbocycles. The van der Waals surface area contributed by atoms with Crippen LogP contribution in [-0.2, 0) is 9.59 Å². The average Bonchev–Trinajstić information content (AvgIpc) is 2.94. The summed E-state index contributed by atoms with van der Waals surface area (Å²) < 4.78 is 6.64. The van der Waals surface area contributed by atoms with Crippen LogP contribution in [0.25, 0.3) is 0 Å². The van der Waals surface area contributed by atoms with Gasteiger partial charge in [-0.3, -0.25) is 19.5 Å². The fourth-order valence-corrected chi connectivity index (χ4v) is 2.16. The smallest absolute Gasteiger partial charge is 0.248 e. The Labute approximate surface area is 120 Å². The number of rotatable bonds is 3. The summed E-state index contributed by atoms with van der Waals surface area (Å²) in [6, 6.07) is 6.33. The Kier molecular flexibility index (Phi) is 3.27. The molecule has 2 aromatic rings. The van der Waals surface area contributed by atoms with Gasteiger partial charge in [0.1, 0.15) is 18.1 Å². The summed E-state index contributed by atoms with van der Waals surface area (Å²) in [5.74, 6) is 0.344. The highest BCUT2D eigenvalue weighted by Gasteiger charge is 2.31. The van der Waals surface area contributed by atoms with Crippen LogP contribution in [0.1, 0.15) is 12.5 Å². The number of anilines is 2. The van der Waals surface area contributed by atoms with Gasteiger partial charge >= 0.3 is 0 Å². The third-order valence-electron chi connectivity index (χ3n) is 3.18. The number of nitrogens with zero attached hydrogens (tertiary/aromatic N) is 3. The van der Waals surface area contributed by atoms with Crippen molar-refractivity contribution in [2.75, 3.05) is 17.7 Å². The van der Waals surface area contributed by atoms with Crippen molar-refractivity contribution in [1.29, 1.82) is 0 Å². The number of carbonyl (C=O) groups is 2. The number of amides is 2. The molecule has 2 heterocycles. The summed E-state index contributed by atoms with van der Waals surface area (Å²) >= 11 is 0. The van der Waals surface area contributed by atoms with Crippen molar-refractivity contribution in [3.05, 3.63) is 30.6 Å². The molecule has 1 aliphatic rings. The van der Waals surface area contributed by atoms with E-state index in [2.05, 4.69) is 20.8 Å². The summed E-state index contributed by atoms with van der Waals surface area (Å²) in [4.78, 5) is 24.0. The summed E-state index contributed by atoms with van der Waals surface area (Å²) in [5, 5.41) is 12.8. The summed E-state index contributed by atoms with van der Waals surface area (Å²) in [7, 11) is 1.55. The van der Waals surface area contributed by atoms with E-state index >= 15 is 0 Å². The minimum Gasteiger partial charge on any atom is -0.497 e. The first kappa shape index (κ1) is 13.1. The second-order valence-corrected chi connectivity index (χ2v) is 4.55. The van der Waals surface area contributed by atoms with Crippen molar-refractivity contribution in [2.24, 2.45) is 0 Å². The summed E-state index contributed by atoms with van der Waals surface area (Å²) in [6.07, 6.45) is 1.46. The van der Waals surface area contributed by atoms with Gasteiger partial charge in [0, 0.05) is 11.8 Å². The Morgan fingerprint density at radius 3 is 3.19 bits per heavy atom. The lowest BCUT2D eigenvalue weighted by atomic mass is 10.1. The number of aromatic nitrogens is 3. The molecule has 2 amide bonds. The molecule has 1 aromatic carbocycles. The molecule has 0 aliphatic carbocycles. The van der Waals surface area contributed by atoms with Crippen LogP contribution >= 0.6 is 0 Å². The Hall–Kier alpha value is -2.90. The van der Waals surface area contributed by atoms with Crippen LogP contribution in [0.15, 0.2) is 30.6 Å². The number of benzene rings is 1. The van der Waals surface area contributed by atoms with E-state index in [4.69, 9.17) is 4.74 Å². The number of hydrogen-bond donors (Lipinski definition) is 2. The van der Waals surface area contributed by atoms with Gasteiger partial charge in [-0.1, -0.05) is 6.07 Å². The highest BCUT2D eigenvalue weighted by molar-refractivity contribution is 6.00. The standard InChI is InChI=1S/C13H13N5O3/c1-21-9-4-2-3-8(5-9)15-12(20)10-6-11(19)16-13-17-14-7-18(10)13/h2-5,7,10H,6H2,1H3,(H,15,20)(H,16,17,19)/t10-/m0/s1. The molecule has 1 atom stereocenters. The number of nitrogens with one attached hydrogen (secondary N) is 2. The van der Waals surface area contributed by atoms with Crippen molar-refractivity contribution in [3.8, 4) is 5.75 Å². The van der Waals surface area contributed by atoms with E-state index < -0.39 is 6.04 Å². The molecule has 108 valence electrons. The fraction of sp³-hybridized carbons (Fsp3) is 0.231. The lowest BCUT2D eigenvalue weighted by Gasteiger charge is -2.23. The van der Waals surface area contributed by atoms with Crippen molar-refractivity contribution in [1.82, 2.24) is 14.8 Å². The predicted molar refractivity (Wildman–Crippen MR) is 73.9 cm³/mol. The maximum absolute atomic E-state index is 12.4. The fourth-order valence-electron chi connectivity index (χ4n) is 2.16. The topological polar surface area (TPSA) is 98.1 Å². The van der Waals surface area contributed by atoms with Crippen LogP contribution in [0.5, 0.6) is 5.75 Å². The minimum absolute atomic E-state index is 0.0425. The first-order chi connectivity index (χ1) is 10.2. The Bertz CT molecular complexity index is 697. The second-order valence-electron chi connectivity index (χ2n) is 4.55. The maximum Gasteiger partial charge on any atom is 0.248 e. The van der Waals surface area contributed by atoms with E-state index in [0.29, 0.717) is 11.4 Å². The Balaban J connectivity index is 1.81. The average molecular weight is 287 g/mol. The second kappa shape index (κ2) is 5.23. The van der Waals surface area contributed by atoms with Crippen molar-refractivity contribution >= 4 is 23.5 Å². The molecule has 1 aromatic heterocycles. The minimum atomic E-state index is -0.671. The third kappa shape index (κ3) is 2.55. The number of carbonyl (C=O) groups excluding carboxylic acids is 2. The van der Waals surface area contributed by atoms with Gasteiger partial charge in [0.05, 0.1) is 13.5 Å². The van der Waals surface area contributed by atoms with Gasteiger partial charge in [-0.25, -0.2) is 0 Å². The summed E-state index contributed by atoms with van der Waals surface area (Å²) in [6.45, 7) is 0. The molecule has 3 rings (SSSR count). The largest absolute Gasteiger partial charge is 0.497 e. The van der Waals surface area contributed by atoms with Crippen molar-refractivity contribution in [3.63, 3.8) is 0 Å². The lowest BCUT2D eigenvalue weighted by Crippen LogP contribution is -2.35. The van der Waals surface area contributed by atoms with Gasteiger partial charge in [0.15, 0.2) is 0 Å². The van der Waals surface area contributed by atoms with Crippen molar-refractivity contribution in [2.45, 2.75) is 12.5 Å². The molecular formula is C13H13N5O3. The molecule has 2 N–H and O–H groups in total. The van der Waals surface area contributed by atoms with E-state index in [1.807, 2.05) is 0 Å².